The summed E-state index contributed by atoms with van der Waals surface area (Å²) in [5.74, 6) is -0.115. The minimum Gasteiger partial charge on any atom is -0.398 e. The van der Waals surface area contributed by atoms with Gasteiger partial charge in [-0.15, -0.1) is 0 Å². The molecule has 0 radical (unpaired) electrons. The summed E-state index contributed by atoms with van der Waals surface area (Å²) in [5.41, 5.74) is 7.14. The fourth-order valence-corrected chi connectivity index (χ4v) is 2.08. The smallest absolute Gasteiger partial charge is 0.223 e. The number of hydrogen-bond donors (Lipinski definition) is 3. The maximum Gasteiger partial charge on any atom is 0.223 e. The number of carbonyl (C=O) groups excluding carboxylic acids is 1. The molecule has 5 heteroatoms. The largest absolute Gasteiger partial charge is 0.398 e. The number of amides is 1. The third-order valence-electron chi connectivity index (χ3n) is 3.12. The van der Waals surface area contributed by atoms with E-state index in [1.54, 1.807) is 13.1 Å². The van der Waals surface area contributed by atoms with Gasteiger partial charge in [0, 0.05) is 37.3 Å². The molecule has 1 amide bonds. The van der Waals surface area contributed by atoms with Crippen molar-refractivity contribution < 1.29 is 9.90 Å². The van der Waals surface area contributed by atoms with Crippen LogP contribution in [-0.2, 0) is 4.79 Å². The minimum atomic E-state index is -0.650. The number of anilines is 1. The predicted octanol–water partition coefficient (Wildman–Crippen LogP) is 0.616. The standard InChI is InChI=1S/C14H23N3O2/c1-10(14(19)16-2)8-17(3)9-13(18)11-6-4-5-7-12(11)15/h4-7,10,13,18H,8-9,15H2,1-3H3,(H,16,19). The van der Waals surface area contributed by atoms with Crippen molar-refractivity contribution in [2.75, 3.05) is 32.9 Å². The van der Waals surface area contributed by atoms with Gasteiger partial charge in [-0.3, -0.25) is 4.79 Å². The van der Waals surface area contributed by atoms with Gasteiger partial charge in [-0.2, -0.15) is 0 Å². The molecule has 4 N–H and O–H groups in total. The highest BCUT2D eigenvalue weighted by molar-refractivity contribution is 5.78. The molecule has 0 aliphatic heterocycles. The van der Waals surface area contributed by atoms with Crippen LogP contribution in [-0.4, -0.2) is 43.1 Å². The quantitative estimate of drug-likeness (QED) is 0.659. The second-order valence-corrected chi connectivity index (χ2v) is 4.88. The van der Waals surface area contributed by atoms with Crippen LogP contribution in [0.5, 0.6) is 0 Å². The van der Waals surface area contributed by atoms with Crippen LogP contribution < -0.4 is 11.1 Å². The SMILES string of the molecule is CNC(=O)C(C)CN(C)CC(O)c1ccccc1N. The molecule has 0 aliphatic rings. The lowest BCUT2D eigenvalue weighted by molar-refractivity contribution is -0.124. The topological polar surface area (TPSA) is 78.6 Å². The molecule has 0 aromatic heterocycles. The van der Waals surface area contributed by atoms with Gasteiger partial charge in [0.15, 0.2) is 0 Å². The minimum absolute atomic E-state index is 0.000523. The number of nitrogen functional groups attached to an aromatic ring is 1. The maximum absolute atomic E-state index is 11.4. The monoisotopic (exact) mass is 265 g/mol. The Morgan fingerprint density at radius 1 is 1.42 bits per heavy atom. The average molecular weight is 265 g/mol. The van der Waals surface area contributed by atoms with E-state index >= 15 is 0 Å². The van der Waals surface area contributed by atoms with Crippen LogP contribution in [0.25, 0.3) is 0 Å². The van der Waals surface area contributed by atoms with Crippen molar-refractivity contribution in [2.24, 2.45) is 5.92 Å². The van der Waals surface area contributed by atoms with Crippen LogP contribution >= 0.6 is 0 Å². The number of aliphatic hydroxyl groups excluding tert-OH is 1. The van der Waals surface area contributed by atoms with E-state index in [0.717, 1.165) is 5.56 Å². The first kappa shape index (κ1) is 15.5. The van der Waals surface area contributed by atoms with Gasteiger partial charge in [0.05, 0.1) is 6.10 Å². The molecule has 2 atom stereocenters. The summed E-state index contributed by atoms with van der Waals surface area (Å²) in [6, 6.07) is 7.27. The van der Waals surface area contributed by atoms with Gasteiger partial charge in [-0.05, 0) is 13.1 Å². The second-order valence-electron chi connectivity index (χ2n) is 4.88. The van der Waals surface area contributed by atoms with Crippen molar-refractivity contribution >= 4 is 11.6 Å². The molecule has 0 saturated heterocycles. The van der Waals surface area contributed by atoms with Crippen LogP contribution in [0.1, 0.15) is 18.6 Å². The number of aliphatic hydroxyl groups is 1. The van der Waals surface area contributed by atoms with E-state index in [9.17, 15) is 9.90 Å². The van der Waals surface area contributed by atoms with Crippen molar-refractivity contribution in [1.29, 1.82) is 0 Å². The van der Waals surface area contributed by atoms with E-state index in [4.69, 9.17) is 5.73 Å². The van der Waals surface area contributed by atoms with Crippen LogP contribution in [0, 0.1) is 5.92 Å². The van der Waals surface area contributed by atoms with Crippen molar-refractivity contribution in [3.05, 3.63) is 29.8 Å². The number of hydrogen-bond acceptors (Lipinski definition) is 4. The average Bonchev–Trinajstić information content (AvgIpc) is 2.37. The van der Waals surface area contributed by atoms with Gasteiger partial charge in [-0.25, -0.2) is 0 Å². The van der Waals surface area contributed by atoms with E-state index in [1.807, 2.05) is 37.1 Å². The van der Waals surface area contributed by atoms with Gasteiger partial charge in [0.2, 0.25) is 5.91 Å². The molecular weight excluding hydrogens is 242 g/mol. The molecule has 1 rings (SSSR count). The second kappa shape index (κ2) is 7.11. The summed E-state index contributed by atoms with van der Waals surface area (Å²) < 4.78 is 0. The van der Waals surface area contributed by atoms with Crippen molar-refractivity contribution in [3.8, 4) is 0 Å². The lowest BCUT2D eigenvalue weighted by Crippen LogP contribution is -2.36. The number of rotatable bonds is 6. The third-order valence-corrected chi connectivity index (χ3v) is 3.12. The zero-order chi connectivity index (χ0) is 14.4. The summed E-state index contributed by atoms with van der Waals surface area (Å²) in [6.07, 6.45) is -0.650. The molecule has 1 aromatic rings. The zero-order valence-electron chi connectivity index (χ0n) is 11.8. The van der Waals surface area contributed by atoms with E-state index in [-0.39, 0.29) is 11.8 Å². The molecule has 19 heavy (non-hydrogen) atoms. The predicted molar refractivity (Wildman–Crippen MR) is 76.5 cm³/mol. The maximum atomic E-state index is 11.4. The summed E-state index contributed by atoms with van der Waals surface area (Å²) in [5, 5.41) is 12.8. The van der Waals surface area contributed by atoms with Gasteiger partial charge in [0.25, 0.3) is 0 Å². The Morgan fingerprint density at radius 2 is 2.05 bits per heavy atom. The van der Waals surface area contributed by atoms with E-state index in [1.165, 1.54) is 0 Å². The fourth-order valence-electron chi connectivity index (χ4n) is 2.08. The van der Waals surface area contributed by atoms with Gasteiger partial charge >= 0.3 is 0 Å². The van der Waals surface area contributed by atoms with E-state index in [2.05, 4.69) is 5.32 Å². The number of nitrogens with one attached hydrogen (secondary N) is 1. The number of carbonyl (C=O) groups is 1. The Kier molecular flexibility index (Phi) is 5.79. The van der Waals surface area contributed by atoms with Crippen LogP contribution in [0.2, 0.25) is 0 Å². The zero-order valence-corrected chi connectivity index (χ0v) is 11.8. The molecule has 0 aliphatic carbocycles. The lowest BCUT2D eigenvalue weighted by atomic mass is 10.1. The molecule has 106 valence electrons. The Labute approximate surface area is 114 Å². The first-order valence-corrected chi connectivity index (χ1v) is 6.38. The number of likely N-dealkylation sites (N-methyl/N-ethyl adjacent to an activating group) is 1. The fraction of sp³-hybridized carbons (Fsp3) is 0.500. The Morgan fingerprint density at radius 3 is 2.63 bits per heavy atom. The first-order chi connectivity index (χ1) is 8.95. The van der Waals surface area contributed by atoms with Gasteiger partial charge in [-0.1, -0.05) is 25.1 Å². The van der Waals surface area contributed by atoms with Gasteiger partial charge < -0.3 is 21.1 Å². The Balaban J connectivity index is 2.55. The molecule has 0 saturated carbocycles. The molecule has 5 nitrogen and oxygen atoms in total. The third kappa shape index (κ3) is 4.54. The molecule has 2 unspecified atom stereocenters. The van der Waals surface area contributed by atoms with Crippen molar-refractivity contribution in [1.82, 2.24) is 10.2 Å². The van der Waals surface area contributed by atoms with Crippen LogP contribution in [0.15, 0.2) is 24.3 Å². The number of benzene rings is 1. The summed E-state index contributed by atoms with van der Waals surface area (Å²) in [4.78, 5) is 13.4. The Bertz CT molecular complexity index is 423. The van der Waals surface area contributed by atoms with E-state index < -0.39 is 6.10 Å². The molecule has 0 spiro atoms. The highest BCUT2D eigenvalue weighted by atomic mass is 16.3. The van der Waals surface area contributed by atoms with Crippen molar-refractivity contribution in [2.45, 2.75) is 13.0 Å². The lowest BCUT2D eigenvalue weighted by Gasteiger charge is -2.24. The molecule has 0 fully saturated rings. The number of nitrogens with two attached hydrogens (primary N) is 1. The molecule has 0 heterocycles. The number of nitrogens with zero attached hydrogens (tertiary/aromatic N) is 1. The summed E-state index contributed by atoms with van der Waals surface area (Å²) in [6.45, 7) is 2.89. The Hall–Kier alpha value is -1.59. The van der Waals surface area contributed by atoms with Gasteiger partial charge in [0.1, 0.15) is 0 Å². The number of para-hydroxylation sites is 1. The highest BCUT2D eigenvalue weighted by Crippen LogP contribution is 2.20. The van der Waals surface area contributed by atoms with Crippen LogP contribution in [0.4, 0.5) is 5.69 Å². The molecule has 1 aromatic carbocycles. The normalized spacial score (nSPS) is 14.2. The summed E-state index contributed by atoms with van der Waals surface area (Å²) >= 11 is 0. The first-order valence-electron chi connectivity index (χ1n) is 6.38. The molecule has 0 bridgehead atoms. The highest BCUT2D eigenvalue weighted by Gasteiger charge is 2.17. The van der Waals surface area contributed by atoms with Crippen molar-refractivity contribution in [3.63, 3.8) is 0 Å². The van der Waals surface area contributed by atoms with E-state index in [0.29, 0.717) is 18.8 Å². The van der Waals surface area contributed by atoms with Crippen LogP contribution in [0.3, 0.4) is 0 Å². The molecular formula is C14H23N3O2. The summed E-state index contributed by atoms with van der Waals surface area (Å²) in [7, 11) is 3.50.